The quantitative estimate of drug-likeness (QED) is 0.842. The number of benzene rings is 2. The van der Waals surface area contributed by atoms with Crippen LogP contribution in [0.25, 0.3) is 0 Å². The molecule has 1 aliphatic rings. The van der Waals surface area contributed by atoms with E-state index in [0.29, 0.717) is 12.2 Å². The summed E-state index contributed by atoms with van der Waals surface area (Å²) in [6, 6.07) is 14.7. The highest BCUT2D eigenvalue weighted by atomic mass is 16.2. The third-order valence-electron chi connectivity index (χ3n) is 4.99. The monoisotopic (exact) mass is 365 g/mol. The molecular formula is C22H27N3O2. The van der Waals surface area contributed by atoms with Crippen LogP contribution in [0.3, 0.4) is 0 Å². The zero-order valence-electron chi connectivity index (χ0n) is 16.2. The highest BCUT2D eigenvalue weighted by Gasteiger charge is 2.32. The fourth-order valence-corrected chi connectivity index (χ4v) is 3.38. The second-order valence-electron chi connectivity index (χ2n) is 7.24. The number of carbonyl (C=O) groups is 2. The molecule has 0 aliphatic carbocycles. The van der Waals surface area contributed by atoms with Crippen LogP contribution in [0.5, 0.6) is 0 Å². The van der Waals surface area contributed by atoms with Gasteiger partial charge in [0.1, 0.15) is 6.04 Å². The maximum absolute atomic E-state index is 13.1. The Bertz CT molecular complexity index is 815. The van der Waals surface area contributed by atoms with E-state index < -0.39 is 6.04 Å². The van der Waals surface area contributed by atoms with Crippen molar-refractivity contribution < 1.29 is 9.59 Å². The lowest BCUT2D eigenvalue weighted by Gasteiger charge is -2.27. The number of carbonyl (C=O) groups excluding carboxylic acids is 2. The van der Waals surface area contributed by atoms with E-state index >= 15 is 0 Å². The molecule has 5 nitrogen and oxygen atoms in total. The summed E-state index contributed by atoms with van der Waals surface area (Å²) >= 11 is 0. The average molecular weight is 365 g/mol. The average Bonchev–Trinajstić information content (AvgIpc) is 3.10. The maximum Gasteiger partial charge on any atom is 0.319 e. The van der Waals surface area contributed by atoms with Crippen molar-refractivity contribution in [2.24, 2.45) is 5.92 Å². The van der Waals surface area contributed by atoms with Crippen molar-refractivity contribution in [3.05, 3.63) is 59.7 Å². The fraction of sp³-hybridized carbons (Fsp3) is 0.364. The lowest BCUT2D eigenvalue weighted by molar-refractivity contribution is -0.121. The maximum atomic E-state index is 13.1. The third kappa shape index (κ3) is 4.30. The van der Waals surface area contributed by atoms with E-state index in [1.807, 2.05) is 62.4 Å². The van der Waals surface area contributed by atoms with Gasteiger partial charge in [-0.1, -0.05) is 51.1 Å². The van der Waals surface area contributed by atoms with Crippen molar-refractivity contribution in [3.63, 3.8) is 0 Å². The third-order valence-corrected chi connectivity index (χ3v) is 4.99. The van der Waals surface area contributed by atoms with Gasteiger partial charge in [-0.3, -0.25) is 4.79 Å². The molecule has 0 spiro atoms. The van der Waals surface area contributed by atoms with E-state index in [-0.39, 0.29) is 17.9 Å². The van der Waals surface area contributed by atoms with Crippen LogP contribution in [0.15, 0.2) is 48.5 Å². The van der Waals surface area contributed by atoms with Gasteiger partial charge in [-0.2, -0.15) is 0 Å². The molecule has 3 amide bonds. The normalized spacial score (nSPS) is 14.0. The van der Waals surface area contributed by atoms with Gasteiger partial charge >= 0.3 is 6.03 Å². The minimum Gasteiger partial charge on any atom is -0.326 e. The summed E-state index contributed by atoms with van der Waals surface area (Å²) in [4.78, 5) is 27.3. The van der Waals surface area contributed by atoms with Gasteiger partial charge in [0.05, 0.1) is 0 Å². The molecule has 0 saturated heterocycles. The Morgan fingerprint density at radius 2 is 1.78 bits per heavy atom. The van der Waals surface area contributed by atoms with Crippen molar-refractivity contribution in [2.45, 2.75) is 39.7 Å². The first-order chi connectivity index (χ1) is 13.0. The number of amides is 3. The first kappa shape index (κ1) is 19.0. The van der Waals surface area contributed by atoms with Crippen molar-refractivity contribution in [2.75, 3.05) is 16.8 Å². The van der Waals surface area contributed by atoms with Gasteiger partial charge in [0.15, 0.2) is 0 Å². The van der Waals surface area contributed by atoms with Crippen molar-refractivity contribution >= 4 is 23.3 Å². The van der Waals surface area contributed by atoms with Gasteiger partial charge in [0, 0.05) is 17.9 Å². The predicted molar refractivity (Wildman–Crippen MR) is 109 cm³/mol. The van der Waals surface area contributed by atoms with Gasteiger partial charge in [-0.15, -0.1) is 0 Å². The Labute approximate surface area is 160 Å². The Kier molecular flexibility index (Phi) is 5.79. The summed E-state index contributed by atoms with van der Waals surface area (Å²) in [5.41, 5.74) is 4.05. The summed E-state index contributed by atoms with van der Waals surface area (Å²) in [5, 5.41) is 5.68. The molecule has 0 radical (unpaired) electrons. The van der Waals surface area contributed by atoms with Crippen molar-refractivity contribution in [3.8, 4) is 0 Å². The number of nitrogens with one attached hydrogen (secondary N) is 2. The SMILES string of the molecule is CCc1ccc(NC(=O)NC(C(=O)N2CCc3ccccc32)C(C)C)cc1. The van der Waals surface area contributed by atoms with Crippen LogP contribution in [-0.4, -0.2) is 24.5 Å². The zero-order valence-corrected chi connectivity index (χ0v) is 16.2. The van der Waals surface area contributed by atoms with Crippen LogP contribution in [0, 0.1) is 5.92 Å². The zero-order chi connectivity index (χ0) is 19.4. The largest absolute Gasteiger partial charge is 0.326 e. The number of aryl methyl sites for hydroxylation is 1. The molecule has 0 aromatic heterocycles. The van der Waals surface area contributed by atoms with E-state index in [9.17, 15) is 9.59 Å². The first-order valence-electron chi connectivity index (χ1n) is 9.55. The molecule has 142 valence electrons. The topological polar surface area (TPSA) is 61.4 Å². The van der Waals surface area contributed by atoms with Crippen LogP contribution < -0.4 is 15.5 Å². The summed E-state index contributed by atoms with van der Waals surface area (Å²) in [5.74, 6) is -0.0788. The van der Waals surface area contributed by atoms with E-state index in [1.165, 1.54) is 11.1 Å². The summed E-state index contributed by atoms with van der Waals surface area (Å²) in [6.07, 6.45) is 1.80. The number of hydrogen-bond acceptors (Lipinski definition) is 2. The summed E-state index contributed by atoms with van der Waals surface area (Å²) < 4.78 is 0. The molecule has 27 heavy (non-hydrogen) atoms. The molecule has 0 bridgehead atoms. The molecule has 2 aromatic carbocycles. The van der Waals surface area contributed by atoms with Crippen LogP contribution in [-0.2, 0) is 17.6 Å². The second kappa shape index (κ2) is 8.25. The number of urea groups is 1. The standard InChI is InChI=1S/C22H27N3O2/c1-4-16-9-11-18(12-10-16)23-22(27)24-20(15(2)3)21(26)25-14-13-17-7-5-6-8-19(17)25/h5-12,15,20H,4,13-14H2,1-3H3,(H2,23,24,27). The Balaban J connectivity index is 1.68. The van der Waals surface area contributed by atoms with Crippen LogP contribution in [0.2, 0.25) is 0 Å². The fourth-order valence-electron chi connectivity index (χ4n) is 3.38. The van der Waals surface area contributed by atoms with E-state index in [0.717, 1.165) is 18.5 Å². The van der Waals surface area contributed by atoms with Crippen molar-refractivity contribution in [1.29, 1.82) is 0 Å². The smallest absolute Gasteiger partial charge is 0.319 e. The predicted octanol–water partition coefficient (Wildman–Crippen LogP) is 3.98. The Hall–Kier alpha value is -2.82. The second-order valence-corrected chi connectivity index (χ2v) is 7.24. The molecule has 0 saturated carbocycles. The molecular weight excluding hydrogens is 338 g/mol. The van der Waals surface area contributed by atoms with E-state index in [2.05, 4.69) is 17.6 Å². The highest BCUT2D eigenvalue weighted by Crippen LogP contribution is 2.28. The Morgan fingerprint density at radius 3 is 2.44 bits per heavy atom. The van der Waals surface area contributed by atoms with Gasteiger partial charge < -0.3 is 15.5 Å². The lowest BCUT2D eigenvalue weighted by atomic mass is 10.0. The van der Waals surface area contributed by atoms with E-state index in [1.54, 1.807) is 4.90 Å². The first-order valence-corrected chi connectivity index (χ1v) is 9.55. The molecule has 2 aromatic rings. The minimum absolute atomic E-state index is 0.0153. The van der Waals surface area contributed by atoms with Gasteiger partial charge in [0.25, 0.3) is 0 Å². The number of para-hydroxylation sites is 1. The molecule has 1 heterocycles. The molecule has 1 aliphatic heterocycles. The highest BCUT2D eigenvalue weighted by molar-refractivity contribution is 6.02. The lowest BCUT2D eigenvalue weighted by Crippen LogP contribution is -2.52. The number of nitrogens with zero attached hydrogens (tertiary/aromatic N) is 1. The molecule has 3 rings (SSSR count). The minimum atomic E-state index is -0.578. The summed E-state index contributed by atoms with van der Waals surface area (Å²) in [7, 11) is 0. The van der Waals surface area contributed by atoms with Gasteiger partial charge in [0.2, 0.25) is 5.91 Å². The molecule has 0 fully saturated rings. The van der Waals surface area contributed by atoms with E-state index in [4.69, 9.17) is 0 Å². The number of anilines is 2. The van der Waals surface area contributed by atoms with Crippen LogP contribution in [0.1, 0.15) is 31.9 Å². The van der Waals surface area contributed by atoms with Gasteiger partial charge in [-0.25, -0.2) is 4.79 Å². The number of hydrogen-bond donors (Lipinski definition) is 2. The molecule has 1 atom stereocenters. The Morgan fingerprint density at radius 1 is 1.07 bits per heavy atom. The van der Waals surface area contributed by atoms with Crippen molar-refractivity contribution in [1.82, 2.24) is 5.32 Å². The van der Waals surface area contributed by atoms with Crippen LogP contribution >= 0.6 is 0 Å². The summed E-state index contributed by atoms with van der Waals surface area (Å²) in [6.45, 7) is 6.63. The molecule has 2 N–H and O–H groups in total. The number of rotatable bonds is 5. The van der Waals surface area contributed by atoms with Gasteiger partial charge in [-0.05, 0) is 48.1 Å². The van der Waals surface area contributed by atoms with Crippen LogP contribution in [0.4, 0.5) is 16.2 Å². The molecule has 1 unspecified atom stereocenters. The number of fused-ring (bicyclic) bond motifs is 1. The molecule has 5 heteroatoms.